The van der Waals surface area contributed by atoms with Gasteiger partial charge in [-0.15, -0.1) is 11.3 Å². The minimum Gasteiger partial charge on any atom is -0.494 e. The summed E-state index contributed by atoms with van der Waals surface area (Å²) in [4.78, 5) is 26.1. The first-order chi connectivity index (χ1) is 14.1. The second kappa shape index (κ2) is 10.4. The Kier molecular flexibility index (Phi) is 7.69. The summed E-state index contributed by atoms with van der Waals surface area (Å²) in [5.41, 5.74) is 2.90. The Balaban J connectivity index is 1.54. The van der Waals surface area contributed by atoms with Gasteiger partial charge in [-0.2, -0.15) is 0 Å². The molecule has 0 aliphatic heterocycles. The third-order valence-electron chi connectivity index (χ3n) is 5.05. The van der Waals surface area contributed by atoms with E-state index in [4.69, 9.17) is 9.47 Å². The van der Waals surface area contributed by atoms with E-state index in [1.165, 1.54) is 21.8 Å². The largest absolute Gasteiger partial charge is 0.494 e. The van der Waals surface area contributed by atoms with Crippen LogP contribution in [0.5, 0.6) is 5.75 Å². The molecule has 3 rings (SSSR count). The lowest BCUT2D eigenvalue weighted by molar-refractivity contribution is -0.116. The van der Waals surface area contributed by atoms with Crippen LogP contribution in [0.25, 0.3) is 0 Å². The van der Waals surface area contributed by atoms with Gasteiger partial charge in [0.25, 0.3) is 0 Å². The summed E-state index contributed by atoms with van der Waals surface area (Å²) >= 11 is 1.52. The highest BCUT2D eigenvalue weighted by molar-refractivity contribution is 7.17. The van der Waals surface area contributed by atoms with Crippen molar-refractivity contribution >= 4 is 28.2 Å². The molecule has 0 saturated heterocycles. The molecule has 0 bridgehead atoms. The van der Waals surface area contributed by atoms with Gasteiger partial charge in [0, 0.05) is 11.3 Å². The van der Waals surface area contributed by atoms with Gasteiger partial charge in [0.05, 0.1) is 18.8 Å². The molecule has 1 N–H and O–H groups in total. The lowest BCUT2D eigenvalue weighted by Gasteiger charge is -2.12. The number of hydrogen-bond donors (Lipinski definition) is 1. The van der Waals surface area contributed by atoms with E-state index in [0.717, 1.165) is 43.4 Å². The van der Waals surface area contributed by atoms with Crippen LogP contribution in [0.15, 0.2) is 24.3 Å². The summed E-state index contributed by atoms with van der Waals surface area (Å²) in [5.74, 6) is 0.387. The SMILES string of the molecule is CCOC(=O)c1c(NC(=O)CCCOc2ccc(CC)cc2)sc2c1CCCC2. The topological polar surface area (TPSA) is 64.6 Å². The summed E-state index contributed by atoms with van der Waals surface area (Å²) in [5, 5.41) is 3.58. The van der Waals surface area contributed by atoms with E-state index < -0.39 is 0 Å². The van der Waals surface area contributed by atoms with E-state index in [2.05, 4.69) is 24.4 Å². The molecule has 2 aromatic rings. The van der Waals surface area contributed by atoms with E-state index >= 15 is 0 Å². The molecule has 0 saturated carbocycles. The molecule has 1 aromatic heterocycles. The van der Waals surface area contributed by atoms with Crippen molar-refractivity contribution in [2.45, 2.75) is 58.8 Å². The second-order valence-corrected chi connectivity index (χ2v) is 8.24. The lowest BCUT2D eigenvalue weighted by atomic mass is 9.95. The van der Waals surface area contributed by atoms with E-state index in [0.29, 0.717) is 36.6 Å². The fourth-order valence-electron chi connectivity index (χ4n) is 3.51. The van der Waals surface area contributed by atoms with Gasteiger partial charge >= 0.3 is 5.97 Å². The standard InChI is InChI=1S/C23H29NO4S/c1-3-16-11-13-17(14-12-16)28-15-7-10-20(25)24-22-21(23(26)27-4-2)18-8-5-6-9-19(18)29-22/h11-14H,3-10,15H2,1-2H3,(H,24,25). The van der Waals surface area contributed by atoms with Crippen molar-refractivity contribution in [3.05, 3.63) is 45.8 Å². The van der Waals surface area contributed by atoms with Crippen molar-refractivity contribution < 1.29 is 19.1 Å². The number of amides is 1. The molecule has 1 amide bonds. The lowest BCUT2D eigenvalue weighted by Crippen LogP contribution is -2.16. The predicted molar refractivity (Wildman–Crippen MR) is 116 cm³/mol. The zero-order chi connectivity index (χ0) is 20.6. The molecule has 0 unspecified atom stereocenters. The van der Waals surface area contributed by atoms with Crippen LogP contribution in [-0.2, 0) is 28.8 Å². The molecule has 1 aromatic carbocycles. The van der Waals surface area contributed by atoms with Gasteiger partial charge in [0.1, 0.15) is 10.8 Å². The molecule has 1 aliphatic rings. The van der Waals surface area contributed by atoms with Crippen LogP contribution < -0.4 is 10.1 Å². The highest BCUT2D eigenvalue weighted by Gasteiger charge is 2.27. The third-order valence-corrected chi connectivity index (χ3v) is 6.26. The van der Waals surface area contributed by atoms with Crippen molar-refractivity contribution in [1.82, 2.24) is 0 Å². The number of hydrogen-bond acceptors (Lipinski definition) is 5. The smallest absolute Gasteiger partial charge is 0.341 e. The third kappa shape index (κ3) is 5.60. The molecule has 0 radical (unpaired) electrons. The summed E-state index contributed by atoms with van der Waals surface area (Å²) < 4.78 is 10.9. The van der Waals surface area contributed by atoms with Crippen LogP contribution in [0.4, 0.5) is 5.00 Å². The Bertz CT molecular complexity index is 841. The second-order valence-electron chi connectivity index (χ2n) is 7.13. The number of fused-ring (bicyclic) bond motifs is 1. The highest BCUT2D eigenvalue weighted by Crippen LogP contribution is 2.38. The van der Waals surface area contributed by atoms with Gasteiger partial charge in [0.15, 0.2) is 0 Å². The number of carbonyl (C=O) groups is 2. The maximum absolute atomic E-state index is 12.5. The number of carbonyl (C=O) groups excluding carboxylic acids is 2. The molecule has 0 fully saturated rings. The minimum atomic E-state index is -0.332. The summed E-state index contributed by atoms with van der Waals surface area (Å²) in [6, 6.07) is 8.02. The number of rotatable bonds is 9. The van der Waals surface area contributed by atoms with Crippen LogP contribution in [0.1, 0.15) is 65.9 Å². The minimum absolute atomic E-state index is 0.0981. The number of anilines is 1. The Morgan fingerprint density at radius 3 is 2.59 bits per heavy atom. The molecule has 0 atom stereocenters. The summed E-state index contributed by atoms with van der Waals surface area (Å²) in [6.07, 6.45) is 5.99. The number of nitrogens with one attached hydrogen (secondary N) is 1. The van der Waals surface area contributed by atoms with Crippen LogP contribution in [-0.4, -0.2) is 25.1 Å². The molecule has 156 valence electrons. The van der Waals surface area contributed by atoms with Crippen LogP contribution >= 0.6 is 11.3 Å². The van der Waals surface area contributed by atoms with Gasteiger partial charge in [-0.25, -0.2) is 4.79 Å². The predicted octanol–water partition coefficient (Wildman–Crippen LogP) is 5.16. The van der Waals surface area contributed by atoms with E-state index in [1.807, 2.05) is 12.1 Å². The monoisotopic (exact) mass is 415 g/mol. The zero-order valence-corrected chi connectivity index (χ0v) is 18.0. The molecule has 0 spiro atoms. The first-order valence-electron chi connectivity index (χ1n) is 10.5. The first kappa shape index (κ1) is 21.4. The Hall–Kier alpha value is -2.34. The van der Waals surface area contributed by atoms with Gasteiger partial charge in [-0.1, -0.05) is 19.1 Å². The molecule has 5 nitrogen and oxygen atoms in total. The van der Waals surface area contributed by atoms with Crippen LogP contribution in [0.2, 0.25) is 0 Å². The molecular weight excluding hydrogens is 386 g/mol. The fourth-order valence-corrected chi connectivity index (χ4v) is 4.80. The van der Waals surface area contributed by atoms with Crippen molar-refractivity contribution in [1.29, 1.82) is 0 Å². The molecule has 1 aliphatic carbocycles. The van der Waals surface area contributed by atoms with Gasteiger partial charge in [-0.05, 0) is 68.7 Å². The van der Waals surface area contributed by atoms with Crippen LogP contribution in [0.3, 0.4) is 0 Å². The summed E-state index contributed by atoms with van der Waals surface area (Å²) in [6.45, 7) is 4.72. The number of ether oxygens (including phenoxy) is 2. The Morgan fingerprint density at radius 2 is 1.86 bits per heavy atom. The maximum Gasteiger partial charge on any atom is 0.341 e. The number of esters is 1. The number of benzene rings is 1. The fraction of sp³-hybridized carbons (Fsp3) is 0.478. The normalized spacial score (nSPS) is 12.9. The Labute approximate surface area is 176 Å². The van der Waals surface area contributed by atoms with Crippen molar-refractivity contribution in [2.24, 2.45) is 0 Å². The van der Waals surface area contributed by atoms with Crippen molar-refractivity contribution in [2.75, 3.05) is 18.5 Å². The molecule has 1 heterocycles. The van der Waals surface area contributed by atoms with Crippen molar-refractivity contribution in [3.8, 4) is 5.75 Å². The number of aryl methyl sites for hydroxylation is 2. The molecule has 29 heavy (non-hydrogen) atoms. The molecular formula is C23H29NO4S. The molecule has 6 heteroatoms. The quantitative estimate of drug-likeness (QED) is 0.454. The van der Waals surface area contributed by atoms with Crippen LogP contribution in [0, 0.1) is 0 Å². The van der Waals surface area contributed by atoms with E-state index in [-0.39, 0.29) is 11.9 Å². The van der Waals surface area contributed by atoms with E-state index in [9.17, 15) is 9.59 Å². The average Bonchev–Trinajstić information content (AvgIpc) is 3.09. The highest BCUT2D eigenvalue weighted by atomic mass is 32.1. The average molecular weight is 416 g/mol. The maximum atomic E-state index is 12.5. The number of thiophene rings is 1. The first-order valence-corrected chi connectivity index (χ1v) is 11.3. The van der Waals surface area contributed by atoms with Crippen molar-refractivity contribution in [3.63, 3.8) is 0 Å². The van der Waals surface area contributed by atoms with Gasteiger partial charge < -0.3 is 14.8 Å². The van der Waals surface area contributed by atoms with Gasteiger partial charge in [-0.3, -0.25) is 4.79 Å². The zero-order valence-electron chi connectivity index (χ0n) is 17.2. The van der Waals surface area contributed by atoms with E-state index in [1.54, 1.807) is 6.92 Å². The van der Waals surface area contributed by atoms with Gasteiger partial charge in [0.2, 0.25) is 5.91 Å². The summed E-state index contributed by atoms with van der Waals surface area (Å²) in [7, 11) is 0. The Morgan fingerprint density at radius 1 is 1.10 bits per heavy atom.